The first-order chi connectivity index (χ1) is 15.5. The summed E-state index contributed by atoms with van der Waals surface area (Å²) in [5, 5.41) is 6.55. The molecule has 2 aliphatic heterocycles. The molecule has 3 aromatic rings. The lowest BCUT2D eigenvalue weighted by atomic mass is 10.0. The molecule has 5 rings (SSSR count). The number of benzene rings is 2. The van der Waals surface area contributed by atoms with Crippen LogP contribution >= 0.6 is 11.3 Å². The second-order valence-corrected chi connectivity index (χ2v) is 8.40. The van der Waals surface area contributed by atoms with Crippen LogP contribution in [0, 0.1) is 11.6 Å². The molecule has 162 valence electrons. The van der Waals surface area contributed by atoms with Crippen LogP contribution in [-0.4, -0.2) is 24.8 Å². The van der Waals surface area contributed by atoms with Crippen molar-refractivity contribution in [1.29, 1.82) is 0 Å². The minimum atomic E-state index is -0.673. The van der Waals surface area contributed by atoms with E-state index in [9.17, 15) is 18.4 Å². The average Bonchev–Trinajstić information content (AvgIpc) is 3.39. The van der Waals surface area contributed by atoms with Gasteiger partial charge in [-0.05, 0) is 59.1 Å². The van der Waals surface area contributed by atoms with E-state index in [1.807, 2.05) is 26.6 Å². The number of carbonyl (C=O) groups is 2. The van der Waals surface area contributed by atoms with Crippen LogP contribution in [0.2, 0.25) is 0 Å². The van der Waals surface area contributed by atoms with E-state index in [2.05, 4.69) is 5.32 Å². The van der Waals surface area contributed by atoms with Gasteiger partial charge < -0.3 is 15.1 Å². The molecule has 32 heavy (non-hydrogen) atoms. The van der Waals surface area contributed by atoms with E-state index in [4.69, 9.17) is 0 Å². The summed E-state index contributed by atoms with van der Waals surface area (Å²) in [6.45, 7) is 0.848. The van der Waals surface area contributed by atoms with Crippen molar-refractivity contribution < 1.29 is 18.4 Å². The van der Waals surface area contributed by atoms with Crippen molar-refractivity contribution in [2.24, 2.45) is 0 Å². The summed E-state index contributed by atoms with van der Waals surface area (Å²) in [5.41, 5.74) is 2.44. The lowest BCUT2D eigenvalue weighted by Crippen LogP contribution is -2.41. The zero-order valence-electron chi connectivity index (χ0n) is 17.0. The van der Waals surface area contributed by atoms with E-state index in [0.29, 0.717) is 31.0 Å². The van der Waals surface area contributed by atoms with Crippen LogP contribution in [0.1, 0.15) is 12.0 Å². The SMILES string of the molecule is O=C1CCN2C(=C1C(=O)Nc1ccccc1F)N(CCc1ccsc1)c1cc(F)ccc12. The third kappa shape index (κ3) is 3.56. The standard InChI is InChI=1S/C24H19F2N3O2S/c25-16-5-6-19-20(13-16)29(10-7-15-9-12-32-14-15)24-22(21(30)8-11-28(19)24)23(31)27-18-4-2-1-3-17(18)26/h1-6,9,12-14H,7-8,10-11H2,(H,27,31). The molecule has 0 fully saturated rings. The molecule has 0 saturated carbocycles. The molecule has 1 amide bonds. The highest BCUT2D eigenvalue weighted by Crippen LogP contribution is 2.45. The van der Waals surface area contributed by atoms with E-state index in [-0.39, 0.29) is 23.5 Å². The molecule has 0 bridgehead atoms. The summed E-state index contributed by atoms with van der Waals surface area (Å²) >= 11 is 1.59. The molecule has 0 saturated heterocycles. The number of Topliss-reactive ketones (excluding diaryl/α,β-unsaturated/α-hetero) is 1. The number of rotatable bonds is 5. The summed E-state index contributed by atoms with van der Waals surface area (Å²) in [6, 6.07) is 12.3. The fourth-order valence-corrected chi connectivity index (χ4v) is 4.86. The minimum Gasteiger partial charge on any atom is -0.325 e. The number of carbonyl (C=O) groups excluding carboxylic acids is 2. The Morgan fingerprint density at radius 3 is 2.72 bits per heavy atom. The Balaban J connectivity index is 1.58. The van der Waals surface area contributed by atoms with Crippen molar-refractivity contribution in [1.82, 2.24) is 0 Å². The first kappa shape index (κ1) is 20.4. The number of hydrogen-bond acceptors (Lipinski definition) is 5. The number of anilines is 3. The number of hydrogen-bond donors (Lipinski definition) is 1. The summed E-state index contributed by atoms with van der Waals surface area (Å²) in [6.07, 6.45) is 0.798. The summed E-state index contributed by atoms with van der Waals surface area (Å²) in [5.74, 6) is -1.55. The Bertz CT molecular complexity index is 1240. The van der Waals surface area contributed by atoms with Gasteiger partial charge in [-0.3, -0.25) is 9.59 Å². The summed E-state index contributed by atoms with van der Waals surface area (Å²) in [7, 11) is 0. The smallest absolute Gasteiger partial charge is 0.263 e. The van der Waals surface area contributed by atoms with Gasteiger partial charge in [-0.15, -0.1) is 0 Å². The van der Waals surface area contributed by atoms with E-state index >= 15 is 0 Å². The fourth-order valence-electron chi connectivity index (χ4n) is 4.15. The Morgan fingerprint density at radius 2 is 1.94 bits per heavy atom. The van der Waals surface area contributed by atoms with Crippen LogP contribution in [0.4, 0.5) is 25.8 Å². The maximum atomic E-state index is 14.1. The van der Waals surface area contributed by atoms with Crippen molar-refractivity contribution in [2.75, 3.05) is 28.2 Å². The molecule has 2 aliphatic rings. The van der Waals surface area contributed by atoms with Crippen LogP contribution in [0.5, 0.6) is 0 Å². The normalized spacial score (nSPS) is 15.1. The highest BCUT2D eigenvalue weighted by molar-refractivity contribution is 7.07. The first-order valence-electron chi connectivity index (χ1n) is 10.2. The third-order valence-corrected chi connectivity index (χ3v) is 6.38. The highest BCUT2D eigenvalue weighted by Gasteiger charge is 2.41. The molecule has 2 aromatic carbocycles. The predicted octanol–water partition coefficient (Wildman–Crippen LogP) is 4.72. The van der Waals surface area contributed by atoms with Crippen LogP contribution in [-0.2, 0) is 16.0 Å². The highest BCUT2D eigenvalue weighted by atomic mass is 32.1. The minimum absolute atomic E-state index is 0.00176. The molecular formula is C24H19F2N3O2S. The van der Waals surface area contributed by atoms with Crippen LogP contribution in [0.3, 0.4) is 0 Å². The Hall–Kier alpha value is -3.52. The number of amides is 1. The maximum absolute atomic E-state index is 14.1. The number of halogens is 2. The van der Waals surface area contributed by atoms with Gasteiger partial charge in [0.1, 0.15) is 23.0 Å². The van der Waals surface area contributed by atoms with Crippen molar-refractivity contribution in [2.45, 2.75) is 12.8 Å². The van der Waals surface area contributed by atoms with Crippen molar-refractivity contribution in [3.05, 3.63) is 87.9 Å². The van der Waals surface area contributed by atoms with Crippen molar-refractivity contribution in [3.8, 4) is 0 Å². The zero-order chi connectivity index (χ0) is 22.2. The lowest BCUT2D eigenvalue weighted by Gasteiger charge is -2.31. The summed E-state index contributed by atoms with van der Waals surface area (Å²) in [4.78, 5) is 29.8. The van der Waals surface area contributed by atoms with E-state index < -0.39 is 17.5 Å². The van der Waals surface area contributed by atoms with Crippen LogP contribution in [0.25, 0.3) is 0 Å². The summed E-state index contributed by atoms with van der Waals surface area (Å²) < 4.78 is 28.3. The fraction of sp³-hybridized carbons (Fsp3) is 0.167. The molecule has 5 nitrogen and oxygen atoms in total. The van der Waals surface area contributed by atoms with Gasteiger partial charge in [0.05, 0.1) is 17.1 Å². The number of para-hydroxylation sites is 1. The van der Waals surface area contributed by atoms with Gasteiger partial charge in [0.2, 0.25) is 0 Å². The first-order valence-corrected chi connectivity index (χ1v) is 11.2. The Labute approximate surface area is 187 Å². The third-order valence-electron chi connectivity index (χ3n) is 5.65. The molecule has 0 aliphatic carbocycles. The number of nitrogens with zero attached hydrogens (tertiary/aromatic N) is 2. The molecule has 0 spiro atoms. The van der Waals surface area contributed by atoms with E-state index in [0.717, 1.165) is 11.3 Å². The maximum Gasteiger partial charge on any atom is 0.263 e. The largest absolute Gasteiger partial charge is 0.325 e. The molecule has 8 heteroatoms. The number of ketones is 1. The monoisotopic (exact) mass is 451 g/mol. The number of nitrogens with one attached hydrogen (secondary N) is 1. The van der Waals surface area contributed by atoms with Gasteiger partial charge in [-0.1, -0.05) is 12.1 Å². The Morgan fingerprint density at radius 1 is 1.09 bits per heavy atom. The van der Waals surface area contributed by atoms with Crippen LogP contribution in [0.15, 0.2) is 70.7 Å². The van der Waals surface area contributed by atoms with E-state index in [1.54, 1.807) is 23.5 Å². The topological polar surface area (TPSA) is 52.7 Å². The molecule has 0 radical (unpaired) electrons. The second kappa shape index (κ2) is 8.20. The van der Waals surface area contributed by atoms with Crippen LogP contribution < -0.4 is 15.1 Å². The molecule has 1 aromatic heterocycles. The lowest BCUT2D eigenvalue weighted by molar-refractivity contribution is -0.120. The quantitative estimate of drug-likeness (QED) is 0.571. The number of fused-ring (bicyclic) bond motifs is 3. The Kier molecular flexibility index (Phi) is 5.22. The zero-order valence-corrected chi connectivity index (χ0v) is 17.8. The predicted molar refractivity (Wildman–Crippen MR) is 121 cm³/mol. The molecule has 1 N–H and O–H groups in total. The van der Waals surface area contributed by atoms with Crippen molar-refractivity contribution in [3.63, 3.8) is 0 Å². The van der Waals surface area contributed by atoms with Gasteiger partial charge in [-0.2, -0.15) is 11.3 Å². The van der Waals surface area contributed by atoms with Gasteiger partial charge in [0.25, 0.3) is 5.91 Å². The second-order valence-electron chi connectivity index (χ2n) is 7.62. The molecule has 0 unspecified atom stereocenters. The van der Waals surface area contributed by atoms with Gasteiger partial charge in [-0.25, -0.2) is 8.78 Å². The average molecular weight is 451 g/mol. The molecule has 3 heterocycles. The van der Waals surface area contributed by atoms with Gasteiger partial charge in [0.15, 0.2) is 5.78 Å². The van der Waals surface area contributed by atoms with Gasteiger partial charge >= 0.3 is 0 Å². The van der Waals surface area contributed by atoms with Crippen molar-refractivity contribution >= 4 is 40.1 Å². The molecule has 0 atom stereocenters. The van der Waals surface area contributed by atoms with E-state index in [1.165, 1.54) is 30.3 Å². The number of thiophene rings is 1. The van der Waals surface area contributed by atoms with Gasteiger partial charge in [0, 0.05) is 19.5 Å². The molecular weight excluding hydrogens is 432 g/mol.